The summed E-state index contributed by atoms with van der Waals surface area (Å²) in [5, 5.41) is 3.33. The highest BCUT2D eigenvalue weighted by molar-refractivity contribution is 5.46. The molecule has 0 aliphatic rings. The summed E-state index contributed by atoms with van der Waals surface area (Å²) in [5.74, 6) is 1.07. The van der Waals surface area contributed by atoms with Gasteiger partial charge in [-0.3, -0.25) is 0 Å². The maximum atomic E-state index is 4.45. The van der Waals surface area contributed by atoms with Crippen LogP contribution in [0.15, 0.2) is 12.5 Å². The molecule has 4 heteroatoms. The monoisotopic (exact) mass is 236 g/mol. The van der Waals surface area contributed by atoms with Crippen molar-refractivity contribution < 1.29 is 0 Å². The second-order valence-corrected chi connectivity index (χ2v) is 4.44. The minimum Gasteiger partial charge on any atom is -0.354 e. The summed E-state index contributed by atoms with van der Waals surface area (Å²) in [5.41, 5.74) is 1.18. The molecule has 1 aromatic heterocycles. The summed E-state index contributed by atoms with van der Waals surface area (Å²) >= 11 is 0. The average molecular weight is 236 g/mol. The predicted octanol–water partition coefficient (Wildman–Crippen LogP) is 2.21. The number of hydrogen-bond donors (Lipinski definition) is 1. The third-order valence-electron chi connectivity index (χ3n) is 2.69. The average Bonchev–Trinajstić information content (AvgIpc) is 2.33. The molecule has 0 atom stereocenters. The van der Waals surface area contributed by atoms with Crippen molar-refractivity contribution >= 4 is 5.82 Å². The number of anilines is 1. The van der Waals surface area contributed by atoms with E-state index in [1.807, 2.05) is 6.20 Å². The highest BCUT2D eigenvalue weighted by atomic mass is 15.2. The van der Waals surface area contributed by atoms with Crippen LogP contribution in [0.2, 0.25) is 0 Å². The maximum absolute atomic E-state index is 4.45. The molecule has 0 bridgehead atoms. The predicted molar refractivity (Wildman–Crippen MR) is 72.2 cm³/mol. The van der Waals surface area contributed by atoms with Crippen LogP contribution in [-0.2, 0) is 6.54 Å². The first-order valence-corrected chi connectivity index (χ1v) is 6.46. The van der Waals surface area contributed by atoms with Gasteiger partial charge in [0, 0.05) is 30.9 Å². The molecule has 1 N–H and O–H groups in total. The molecule has 0 radical (unpaired) electrons. The van der Waals surface area contributed by atoms with Crippen LogP contribution >= 0.6 is 0 Å². The van der Waals surface area contributed by atoms with Crippen LogP contribution in [-0.4, -0.2) is 29.1 Å². The minimum atomic E-state index is 0.463. The van der Waals surface area contributed by atoms with Crippen molar-refractivity contribution in [3.8, 4) is 0 Å². The van der Waals surface area contributed by atoms with E-state index in [2.05, 4.69) is 47.9 Å². The van der Waals surface area contributed by atoms with E-state index in [1.165, 1.54) is 5.56 Å². The van der Waals surface area contributed by atoms with Gasteiger partial charge in [0.1, 0.15) is 12.1 Å². The van der Waals surface area contributed by atoms with E-state index >= 15 is 0 Å². The van der Waals surface area contributed by atoms with Crippen LogP contribution in [0.3, 0.4) is 0 Å². The zero-order chi connectivity index (χ0) is 12.7. The molecule has 4 nitrogen and oxygen atoms in total. The van der Waals surface area contributed by atoms with Gasteiger partial charge >= 0.3 is 0 Å². The lowest BCUT2D eigenvalue weighted by atomic mass is 10.2. The van der Waals surface area contributed by atoms with E-state index in [4.69, 9.17) is 0 Å². The minimum absolute atomic E-state index is 0.463. The molecule has 17 heavy (non-hydrogen) atoms. The molecule has 0 fully saturated rings. The summed E-state index contributed by atoms with van der Waals surface area (Å²) in [7, 11) is 0. The molecule has 1 rings (SSSR count). The largest absolute Gasteiger partial charge is 0.354 e. The van der Waals surface area contributed by atoms with Crippen molar-refractivity contribution in [1.82, 2.24) is 15.3 Å². The van der Waals surface area contributed by atoms with Crippen LogP contribution in [0, 0.1) is 0 Å². The smallest absolute Gasteiger partial charge is 0.136 e. The van der Waals surface area contributed by atoms with Crippen LogP contribution in [0.25, 0.3) is 0 Å². The van der Waals surface area contributed by atoms with Gasteiger partial charge in [-0.15, -0.1) is 0 Å². The lowest BCUT2D eigenvalue weighted by molar-refractivity contribution is 0.647. The summed E-state index contributed by atoms with van der Waals surface area (Å²) in [6.45, 7) is 11.5. The topological polar surface area (TPSA) is 41.1 Å². The zero-order valence-corrected chi connectivity index (χ0v) is 11.4. The van der Waals surface area contributed by atoms with Gasteiger partial charge in [-0.2, -0.15) is 0 Å². The van der Waals surface area contributed by atoms with E-state index in [9.17, 15) is 0 Å². The van der Waals surface area contributed by atoms with Gasteiger partial charge in [0.05, 0.1) is 0 Å². The third kappa shape index (κ3) is 3.97. The summed E-state index contributed by atoms with van der Waals surface area (Å²) in [4.78, 5) is 10.9. The molecular formula is C13H24N4. The van der Waals surface area contributed by atoms with Crippen molar-refractivity contribution in [3.05, 3.63) is 18.1 Å². The Labute approximate surface area is 104 Å². The van der Waals surface area contributed by atoms with Crippen LogP contribution < -0.4 is 10.2 Å². The molecule has 96 valence electrons. The Balaban J connectivity index is 2.92. The Morgan fingerprint density at radius 1 is 1.35 bits per heavy atom. The van der Waals surface area contributed by atoms with Gasteiger partial charge in [-0.1, -0.05) is 13.8 Å². The van der Waals surface area contributed by atoms with Gasteiger partial charge in [0.15, 0.2) is 0 Å². The number of nitrogens with one attached hydrogen (secondary N) is 1. The number of nitrogens with zero attached hydrogens (tertiary/aromatic N) is 3. The van der Waals surface area contributed by atoms with Crippen molar-refractivity contribution in [2.75, 3.05) is 18.0 Å². The van der Waals surface area contributed by atoms with Crippen LogP contribution in [0.1, 0.15) is 39.7 Å². The molecule has 1 heterocycles. The van der Waals surface area contributed by atoms with E-state index in [0.717, 1.165) is 31.9 Å². The van der Waals surface area contributed by atoms with E-state index in [-0.39, 0.29) is 0 Å². The molecule has 0 unspecified atom stereocenters. The Kier molecular flexibility index (Phi) is 5.91. The molecule has 0 spiro atoms. The molecule has 0 aliphatic carbocycles. The van der Waals surface area contributed by atoms with E-state index in [1.54, 1.807) is 6.33 Å². The lowest BCUT2D eigenvalue weighted by Gasteiger charge is -2.29. The Hall–Kier alpha value is -1.16. The number of rotatable bonds is 7. The highest BCUT2D eigenvalue weighted by Crippen LogP contribution is 2.18. The zero-order valence-electron chi connectivity index (χ0n) is 11.4. The fraction of sp³-hybridized carbons (Fsp3) is 0.692. The summed E-state index contributed by atoms with van der Waals surface area (Å²) in [6, 6.07) is 0.463. The van der Waals surface area contributed by atoms with E-state index in [0.29, 0.717) is 6.04 Å². The van der Waals surface area contributed by atoms with Gasteiger partial charge in [0.2, 0.25) is 0 Å². The van der Waals surface area contributed by atoms with Crippen molar-refractivity contribution in [1.29, 1.82) is 0 Å². The third-order valence-corrected chi connectivity index (χ3v) is 2.69. The molecule has 0 saturated carbocycles. The molecule has 0 aromatic carbocycles. The number of hydrogen-bond acceptors (Lipinski definition) is 4. The molecule has 0 amide bonds. The highest BCUT2D eigenvalue weighted by Gasteiger charge is 2.14. The first-order chi connectivity index (χ1) is 8.20. The summed E-state index contributed by atoms with van der Waals surface area (Å²) < 4.78 is 0. The van der Waals surface area contributed by atoms with Crippen LogP contribution in [0.5, 0.6) is 0 Å². The Bertz CT molecular complexity index is 325. The summed E-state index contributed by atoms with van der Waals surface area (Å²) in [6.07, 6.45) is 4.68. The normalized spacial score (nSPS) is 10.9. The first-order valence-electron chi connectivity index (χ1n) is 6.46. The van der Waals surface area contributed by atoms with E-state index < -0.39 is 0 Å². The second-order valence-electron chi connectivity index (χ2n) is 4.44. The Morgan fingerprint density at radius 2 is 2.12 bits per heavy atom. The molecule has 0 saturated heterocycles. The maximum Gasteiger partial charge on any atom is 0.136 e. The van der Waals surface area contributed by atoms with Gasteiger partial charge in [0.25, 0.3) is 0 Å². The Morgan fingerprint density at radius 3 is 2.71 bits per heavy atom. The fourth-order valence-electron chi connectivity index (χ4n) is 1.84. The van der Waals surface area contributed by atoms with Crippen molar-refractivity contribution in [3.63, 3.8) is 0 Å². The fourth-order valence-corrected chi connectivity index (χ4v) is 1.84. The van der Waals surface area contributed by atoms with Gasteiger partial charge < -0.3 is 10.2 Å². The standard InChI is InChI=1S/C13H24N4/c1-5-7-17(11(3)4)13-12(8-14-6-2)9-15-10-16-13/h9-11,14H,5-8H2,1-4H3. The first kappa shape index (κ1) is 13.9. The second kappa shape index (κ2) is 7.22. The quantitative estimate of drug-likeness (QED) is 0.788. The molecule has 0 aliphatic heterocycles. The van der Waals surface area contributed by atoms with Gasteiger partial charge in [-0.05, 0) is 26.8 Å². The lowest BCUT2D eigenvalue weighted by Crippen LogP contribution is -2.33. The van der Waals surface area contributed by atoms with Crippen molar-refractivity contribution in [2.45, 2.75) is 46.7 Å². The molecule has 1 aromatic rings. The SMILES string of the molecule is CCCN(c1ncncc1CNCC)C(C)C. The molecular weight excluding hydrogens is 212 g/mol. The van der Waals surface area contributed by atoms with Crippen LogP contribution in [0.4, 0.5) is 5.82 Å². The van der Waals surface area contributed by atoms with Crippen molar-refractivity contribution in [2.24, 2.45) is 0 Å². The number of aromatic nitrogens is 2. The van der Waals surface area contributed by atoms with Gasteiger partial charge in [-0.25, -0.2) is 9.97 Å².